The highest BCUT2D eigenvalue weighted by atomic mass is 16.2. The standard InChI is InChI=1S/C40H48N4O4/c1-37(2,3)33(45)41-25-17-13-21-23-15-19-27(43-35(47)39(7,8)9)32-28(44-36(48)40(10,11)12)20-16-24(30(23)32)22-14-18-26(31(25)29(21)22)42-34(46)38(4,5)6/h13-20H,1-12H3,(H,41,45)(H,42,46)(H,43,47)(H,44,48). The Morgan fingerprint density at radius 2 is 0.521 bits per heavy atom. The first-order chi connectivity index (χ1) is 22.0. The van der Waals surface area contributed by atoms with Crippen molar-refractivity contribution in [1.82, 2.24) is 0 Å². The second-order valence-corrected chi connectivity index (χ2v) is 17.0. The Morgan fingerprint density at radius 3 is 0.688 bits per heavy atom. The van der Waals surface area contributed by atoms with Crippen LogP contribution in [0, 0.1) is 21.7 Å². The maximum absolute atomic E-state index is 13.3. The third-order valence-electron chi connectivity index (χ3n) is 8.62. The molecule has 48 heavy (non-hydrogen) atoms. The molecule has 0 spiro atoms. The zero-order valence-corrected chi connectivity index (χ0v) is 30.3. The van der Waals surface area contributed by atoms with Gasteiger partial charge in [-0.15, -0.1) is 0 Å². The number of carbonyl (C=O) groups is 4. The molecule has 0 saturated carbocycles. The summed E-state index contributed by atoms with van der Waals surface area (Å²) in [6.07, 6.45) is 0. The molecule has 5 aromatic rings. The van der Waals surface area contributed by atoms with Crippen molar-refractivity contribution in [3.05, 3.63) is 48.5 Å². The lowest BCUT2D eigenvalue weighted by Crippen LogP contribution is -2.29. The molecule has 0 unspecified atom stereocenters. The molecule has 5 aromatic carbocycles. The Labute approximate surface area is 282 Å². The molecule has 0 aliphatic heterocycles. The highest BCUT2D eigenvalue weighted by molar-refractivity contribution is 6.38. The minimum Gasteiger partial charge on any atom is -0.325 e. The van der Waals surface area contributed by atoms with E-state index in [0.717, 1.165) is 43.1 Å². The lowest BCUT2D eigenvalue weighted by atomic mass is 9.86. The van der Waals surface area contributed by atoms with E-state index in [1.165, 1.54) is 0 Å². The summed E-state index contributed by atoms with van der Waals surface area (Å²) < 4.78 is 0. The number of fused-ring (bicyclic) bond motifs is 2. The van der Waals surface area contributed by atoms with Crippen LogP contribution < -0.4 is 21.3 Å². The average Bonchev–Trinajstić information content (AvgIpc) is 2.95. The summed E-state index contributed by atoms with van der Waals surface area (Å²) in [6.45, 7) is 22.3. The minimum absolute atomic E-state index is 0.145. The van der Waals surface area contributed by atoms with Crippen LogP contribution in [0.4, 0.5) is 22.7 Å². The zero-order chi connectivity index (χ0) is 35.7. The van der Waals surface area contributed by atoms with Crippen LogP contribution in [0.1, 0.15) is 83.1 Å². The van der Waals surface area contributed by atoms with E-state index in [1.807, 2.05) is 132 Å². The van der Waals surface area contributed by atoms with Gasteiger partial charge in [-0.25, -0.2) is 0 Å². The number of hydrogen-bond acceptors (Lipinski definition) is 4. The van der Waals surface area contributed by atoms with Gasteiger partial charge in [-0.2, -0.15) is 0 Å². The SMILES string of the molecule is CC(C)(C)C(=O)Nc1ccc2c3ccc(NC(=O)C(C)(C)C)c4c(NC(=O)C(C)(C)C)ccc(c5ccc(NC(=O)C(C)(C)C)c1c25)c43. The summed E-state index contributed by atoms with van der Waals surface area (Å²) in [5, 5.41) is 19.4. The van der Waals surface area contributed by atoms with Crippen molar-refractivity contribution in [2.24, 2.45) is 21.7 Å². The Hall–Kier alpha value is -4.72. The number of benzene rings is 5. The van der Waals surface area contributed by atoms with Gasteiger partial charge in [0.2, 0.25) is 23.6 Å². The summed E-state index contributed by atoms with van der Waals surface area (Å²) >= 11 is 0. The molecule has 0 heterocycles. The molecule has 0 fully saturated rings. The second kappa shape index (κ2) is 11.5. The minimum atomic E-state index is -0.644. The molecule has 0 aliphatic carbocycles. The van der Waals surface area contributed by atoms with Gasteiger partial charge in [0.15, 0.2) is 0 Å². The molecule has 5 rings (SSSR count). The summed E-state index contributed by atoms with van der Waals surface area (Å²) in [5.74, 6) is -0.581. The highest BCUT2D eigenvalue weighted by Crippen LogP contribution is 2.48. The van der Waals surface area contributed by atoms with Gasteiger partial charge in [0, 0.05) is 43.2 Å². The average molecular weight is 649 g/mol. The quantitative estimate of drug-likeness (QED) is 0.115. The van der Waals surface area contributed by atoms with Gasteiger partial charge in [0.25, 0.3) is 0 Å². The van der Waals surface area contributed by atoms with E-state index in [0.29, 0.717) is 22.7 Å². The van der Waals surface area contributed by atoms with E-state index in [-0.39, 0.29) is 23.6 Å². The van der Waals surface area contributed by atoms with Crippen molar-refractivity contribution >= 4 is 89.5 Å². The number of nitrogens with one attached hydrogen (secondary N) is 4. The van der Waals surface area contributed by atoms with Gasteiger partial charge < -0.3 is 21.3 Å². The Morgan fingerprint density at radius 1 is 0.333 bits per heavy atom. The Bertz CT molecular complexity index is 1840. The van der Waals surface area contributed by atoms with Gasteiger partial charge in [0.1, 0.15) is 0 Å². The summed E-state index contributed by atoms with van der Waals surface area (Å²) in [7, 11) is 0. The van der Waals surface area contributed by atoms with Gasteiger partial charge in [0.05, 0.1) is 22.7 Å². The van der Waals surface area contributed by atoms with E-state index in [1.54, 1.807) is 0 Å². The van der Waals surface area contributed by atoms with Gasteiger partial charge in [-0.3, -0.25) is 19.2 Å². The lowest BCUT2D eigenvalue weighted by Gasteiger charge is -2.25. The molecular weight excluding hydrogens is 600 g/mol. The summed E-state index contributed by atoms with van der Waals surface area (Å²) in [4.78, 5) is 53.2. The van der Waals surface area contributed by atoms with Gasteiger partial charge in [-0.05, 0) is 45.8 Å². The maximum Gasteiger partial charge on any atom is 0.229 e. The molecule has 8 heteroatoms. The van der Waals surface area contributed by atoms with E-state index in [2.05, 4.69) is 21.3 Å². The fourth-order valence-electron chi connectivity index (χ4n) is 5.54. The maximum atomic E-state index is 13.3. The van der Waals surface area contributed by atoms with Crippen LogP contribution in [-0.2, 0) is 19.2 Å². The number of hydrogen-bond donors (Lipinski definition) is 4. The summed E-state index contributed by atoms with van der Waals surface area (Å²) in [6, 6.07) is 15.5. The normalized spacial score (nSPS) is 12.9. The molecule has 0 aliphatic rings. The number of anilines is 4. The predicted octanol–water partition coefficient (Wildman–Crippen LogP) is 9.68. The molecule has 0 aromatic heterocycles. The number of carbonyl (C=O) groups excluding carboxylic acids is 4. The van der Waals surface area contributed by atoms with E-state index in [9.17, 15) is 19.2 Å². The van der Waals surface area contributed by atoms with Crippen LogP contribution in [0.15, 0.2) is 48.5 Å². The third kappa shape index (κ3) is 6.28. The van der Waals surface area contributed by atoms with E-state index < -0.39 is 21.7 Å². The van der Waals surface area contributed by atoms with Crippen molar-refractivity contribution in [2.75, 3.05) is 21.3 Å². The van der Waals surface area contributed by atoms with Crippen LogP contribution >= 0.6 is 0 Å². The van der Waals surface area contributed by atoms with Crippen LogP contribution in [0.3, 0.4) is 0 Å². The van der Waals surface area contributed by atoms with E-state index in [4.69, 9.17) is 0 Å². The van der Waals surface area contributed by atoms with Crippen LogP contribution in [-0.4, -0.2) is 23.6 Å². The molecular formula is C40H48N4O4. The smallest absolute Gasteiger partial charge is 0.229 e. The van der Waals surface area contributed by atoms with Crippen molar-refractivity contribution in [2.45, 2.75) is 83.1 Å². The molecule has 0 atom stereocenters. The monoisotopic (exact) mass is 648 g/mol. The molecule has 0 saturated heterocycles. The van der Waals surface area contributed by atoms with Crippen LogP contribution in [0.25, 0.3) is 43.1 Å². The molecule has 4 N–H and O–H groups in total. The van der Waals surface area contributed by atoms with Crippen molar-refractivity contribution in [1.29, 1.82) is 0 Å². The number of amides is 4. The molecule has 0 bridgehead atoms. The lowest BCUT2D eigenvalue weighted by molar-refractivity contribution is -0.123. The summed E-state index contributed by atoms with van der Waals surface area (Å²) in [5.41, 5.74) is -0.179. The van der Waals surface area contributed by atoms with E-state index >= 15 is 0 Å². The molecule has 0 radical (unpaired) electrons. The van der Waals surface area contributed by atoms with Crippen LogP contribution in [0.5, 0.6) is 0 Å². The molecule has 8 nitrogen and oxygen atoms in total. The second-order valence-electron chi connectivity index (χ2n) is 17.0. The first-order valence-electron chi connectivity index (χ1n) is 16.5. The first kappa shape index (κ1) is 34.6. The molecule has 4 amide bonds. The van der Waals surface area contributed by atoms with Crippen molar-refractivity contribution in [3.8, 4) is 0 Å². The first-order valence-corrected chi connectivity index (χ1v) is 16.5. The highest BCUT2D eigenvalue weighted by Gasteiger charge is 2.29. The van der Waals surface area contributed by atoms with Crippen molar-refractivity contribution in [3.63, 3.8) is 0 Å². The van der Waals surface area contributed by atoms with Crippen LogP contribution in [0.2, 0.25) is 0 Å². The largest absolute Gasteiger partial charge is 0.325 e. The topological polar surface area (TPSA) is 116 Å². The van der Waals surface area contributed by atoms with Gasteiger partial charge in [-0.1, -0.05) is 107 Å². The van der Waals surface area contributed by atoms with Crippen molar-refractivity contribution < 1.29 is 19.2 Å². The molecule has 252 valence electrons. The third-order valence-corrected chi connectivity index (χ3v) is 8.62. The van der Waals surface area contributed by atoms with Gasteiger partial charge >= 0.3 is 0 Å². The fourth-order valence-corrected chi connectivity index (χ4v) is 5.54. The predicted molar refractivity (Wildman–Crippen MR) is 200 cm³/mol. The Kier molecular flexibility index (Phi) is 8.27. The fraction of sp³-hybridized carbons (Fsp3) is 0.400. The zero-order valence-electron chi connectivity index (χ0n) is 30.3. The number of rotatable bonds is 4. The Balaban J connectivity index is 1.91.